The molecule has 144 valence electrons. The average molecular weight is 377 g/mol. The number of carbonyl (C=O) groups excluding carboxylic acids is 2. The van der Waals surface area contributed by atoms with Gasteiger partial charge in [-0.25, -0.2) is 9.50 Å². The number of aromatic nitrogens is 3. The third kappa shape index (κ3) is 4.03. The van der Waals surface area contributed by atoms with Gasteiger partial charge in [-0.1, -0.05) is 30.3 Å². The summed E-state index contributed by atoms with van der Waals surface area (Å²) in [5.74, 6) is 0.732. The minimum absolute atomic E-state index is 0.00724. The van der Waals surface area contributed by atoms with Crippen molar-refractivity contribution < 1.29 is 9.59 Å². The Hall–Kier alpha value is -3.22. The minimum atomic E-state index is -0.0734. The van der Waals surface area contributed by atoms with Crippen molar-refractivity contribution in [3.8, 4) is 0 Å². The van der Waals surface area contributed by atoms with Crippen LogP contribution in [0.1, 0.15) is 31.2 Å². The predicted octanol–water partition coefficient (Wildman–Crippen LogP) is 2.52. The number of piperidine rings is 1. The van der Waals surface area contributed by atoms with Gasteiger partial charge in [-0.2, -0.15) is 5.10 Å². The van der Waals surface area contributed by atoms with Gasteiger partial charge in [0.1, 0.15) is 0 Å². The second-order valence-corrected chi connectivity index (χ2v) is 7.18. The summed E-state index contributed by atoms with van der Waals surface area (Å²) in [5.41, 5.74) is 2.60. The van der Waals surface area contributed by atoms with Crippen molar-refractivity contribution in [2.45, 2.75) is 26.2 Å². The first-order valence-corrected chi connectivity index (χ1v) is 9.54. The first-order chi connectivity index (χ1) is 13.6. The van der Waals surface area contributed by atoms with Crippen molar-refractivity contribution in [1.29, 1.82) is 0 Å². The van der Waals surface area contributed by atoms with Gasteiger partial charge in [0, 0.05) is 32.4 Å². The monoisotopic (exact) mass is 377 g/mol. The SMILES string of the molecule is CC(=O)N1CCC(C(=O)Nc2ccc3nc(Cc4ccccc4)nn3c2)CC1. The van der Waals surface area contributed by atoms with Crippen LogP contribution in [0.2, 0.25) is 0 Å². The van der Waals surface area contributed by atoms with Gasteiger partial charge in [-0.15, -0.1) is 0 Å². The Morgan fingerprint density at radius 3 is 2.57 bits per heavy atom. The molecule has 0 saturated carbocycles. The van der Waals surface area contributed by atoms with Crippen LogP contribution >= 0.6 is 0 Å². The molecule has 28 heavy (non-hydrogen) atoms. The lowest BCUT2D eigenvalue weighted by Gasteiger charge is -2.30. The van der Waals surface area contributed by atoms with Crippen LogP contribution < -0.4 is 5.32 Å². The fourth-order valence-corrected chi connectivity index (χ4v) is 3.56. The number of benzene rings is 1. The minimum Gasteiger partial charge on any atom is -0.343 e. The number of amides is 2. The van der Waals surface area contributed by atoms with Crippen LogP contribution in [-0.2, 0) is 16.0 Å². The van der Waals surface area contributed by atoms with E-state index in [0.717, 1.165) is 17.0 Å². The summed E-state index contributed by atoms with van der Waals surface area (Å²) in [6, 6.07) is 13.8. The molecule has 2 aromatic heterocycles. The second-order valence-electron chi connectivity index (χ2n) is 7.18. The highest BCUT2D eigenvalue weighted by atomic mass is 16.2. The number of nitrogens with zero attached hydrogens (tertiary/aromatic N) is 4. The maximum absolute atomic E-state index is 12.6. The third-order valence-electron chi connectivity index (χ3n) is 5.16. The molecule has 0 unspecified atom stereocenters. The molecule has 0 spiro atoms. The quantitative estimate of drug-likeness (QED) is 0.758. The summed E-state index contributed by atoms with van der Waals surface area (Å²) in [6.45, 7) is 2.84. The molecule has 3 heterocycles. The molecule has 1 fully saturated rings. The maximum Gasteiger partial charge on any atom is 0.227 e. The summed E-state index contributed by atoms with van der Waals surface area (Å²) in [6.07, 6.45) is 3.84. The zero-order valence-electron chi connectivity index (χ0n) is 15.8. The number of anilines is 1. The summed E-state index contributed by atoms with van der Waals surface area (Å²) in [4.78, 5) is 30.3. The molecule has 7 nitrogen and oxygen atoms in total. The van der Waals surface area contributed by atoms with E-state index < -0.39 is 0 Å². The highest BCUT2D eigenvalue weighted by Gasteiger charge is 2.26. The Labute approximate surface area is 163 Å². The maximum atomic E-state index is 12.6. The number of carbonyl (C=O) groups is 2. The highest BCUT2D eigenvalue weighted by Crippen LogP contribution is 2.20. The number of hydrogen-bond acceptors (Lipinski definition) is 4. The summed E-state index contributed by atoms with van der Waals surface area (Å²) >= 11 is 0. The summed E-state index contributed by atoms with van der Waals surface area (Å²) in [5, 5.41) is 7.50. The highest BCUT2D eigenvalue weighted by molar-refractivity contribution is 5.92. The fraction of sp³-hybridized carbons (Fsp3) is 0.333. The fourth-order valence-electron chi connectivity index (χ4n) is 3.56. The van der Waals surface area contributed by atoms with Crippen LogP contribution in [0.3, 0.4) is 0 Å². The van der Waals surface area contributed by atoms with Gasteiger partial charge in [0.15, 0.2) is 11.5 Å². The van der Waals surface area contributed by atoms with Gasteiger partial charge >= 0.3 is 0 Å². The third-order valence-corrected chi connectivity index (χ3v) is 5.16. The van der Waals surface area contributed by atoms with E-state index in [0.29, 0.717) is 38.0 Å². The average Bonchev–Trinajstić information content (AvgIpc) is 3.10. The van der Waals surface area contributed by atoms with Crippen molar-refractivity contribution in [2.75, 3.05) is 18.4 Å². The Bertz CT molecular complexity index is 990. The van der Waals surface area contributed by atoms with E-state index in [2.05, 4.69) is 27.5 Å². The number of pyridine rings is 1. The molecule has 4 rings (SSSR count). The van der Waals surface area contributed by atoms with Crippen molar-refractivity contribution >= 4 is 23.1 Å². The van der Waals surface area contributed by atoms with Crippen molar-refractivity contribution in [2.24, 2.45) is 5.92 Å². The van der Waals surface area contributed by atoms with Crippen LogP contribution in [0.5, 0.6) is 0 Å². The van der Waals surface area contributed by atoms with Gasteiger partial charge < -0.3 is 10.2 Å². The van der Waals surface area contributed by atoms with Crippen molar-refractivity contribution in [3.63, 3.8) is 0 Å². The Morgan fingerprint density at radius 2 is 1.86 bits per heavy atom. The molecule has 2 amide bonds. The number of fused-ring (bicyclic) bond motifs is 1. The Balaban J connectivity index is 1.42. The molecule has 1 N–H and O–H groups in total. The van der Waals surface area contributed by atoms with E-state index in [4.69, 9.17) is 0 Å². The molecule has 0 aliphatic carbocycles. The van der Waals surface area contributed by atoms with Crippen LogP contribution in [0.25, 0.3) is 5.65 Å². The number of nitrogens with one attached hydrogen (secondary N) is 1. The summed E-state index contributed by atoms with van der Waals surface area (Å²) < 4.78 is 1.70. The van der Waals surface area contributed by atoms with E-state index in [1.165, 1.54) is 0 Å². The zero-order valence-corrected chi connectivity index (χ0v) is 15.8. The molecule has 1 aromatic carbocycles. The van der Waals surface area contributed by atoms with Crippen LogP contribution in [0, 0.1) is 5.92 Å². The lowest BCUT2D eigenvalue weighted by Crippen LogP contribution is -2.40. The van der Waals surface area contributed by atoms with Crippen LogP contribution in [-0.4, -0.2) is 44.4 Å². The Kier molecular flexibility index (Phi) is 5.06. The van der Waals surface area contributed by atoms with E-state index in [1.54, 1.807) is 22.5 Å². The van der Waals surface area contributed by atoms with Gasteiger partial charge in [-0.05, 0) is 30.5 Å². The zero-order chi connectivity index (χ0) is 19.5. The molecular weight excluding hydrogens is 354 g/mol. The largest absolute Gasteiger partial charge is 0.343 e. The van der Waals surface area contributed by atoms with Gasteiger partial charge in [0.25, 0.3) is 0 Å². The number of hydrogen-bond donors (Lipinski definition) is 1. The van der Waals surface area contributed by atoms with Crippen LogP contribution in [0.15, 0.2) is 48.7 Å². The lowest BCUT2D eigenvalue weighted by molar-refractivity contribution is -0.132. The van der Waals surface area contributed by atoms with Crippen LogP contribution in [0.4, 0.5) is 5.69 Å². The Morgan fingerprint density at radius 1 is 1.11 bits per heavy atom. The second kappa shape index (κ2) is 7.80. The topological polar surface area (TPSA) is 79.6 Å². The molecule has 1 aliphatic heterocycles. The van der Waals surface area contributed by atoms with E-state index >= 15 is 0 Å². The smallest absolute Gasteiger partial charge is 0.227 e. The molecule has 1 saturated heterocycles. The first kappa shape index (κ1) is 18.2. The van der Waals surface area contributed by atoms with Gasteiger partial charge in [0.2, 0.25) is 11.8 Å². The molecule has 0 bridgehead atoms. The molecule has 0 atom stereocenters. The normalized spacial score (nSPS) is 15.0. The van der Waals surface area contributed by atoms with E-state index in [-0.39, 0.29) is 17.7 Å². The van der Waals surface area contributed by atoms with E-state index in [9.17, 15) is 9.59 Å². The summed E-state index contributed by atoms with van der Waals surface area (Å²) in [7, 11) is 0. The number of rotatable bonds is 4. The molecular formula is C21H23N5O2. The predicted molar refractivity (Wildman–Crippen MR) is 106 cm³/mol. The van der Waals surface area contributed by atoms with E-state index in [1.807, 2.05) is 30.3 Å². The molecule has 7 heteroatoms. The van der Waals surface area contributed by atoms with Crippen molar-refractivity contribution in [1.82, 2.24) is 19.5 Å². The first-order valence-electron chi connectivity index (χ1n) is 9.54. The van der Waals surface area contributed by atoms with Crippen molar-refractivity contribution in [3.05, 3.63) is 60.0 Å². The van der Waals surface area contributed by atoms with Gasteiger partial charge in [-0.3, -0.25) is 9.59 Å². The molecule has 0 radical (unpaired) electrons. The van der Waals surface area contributed by atoms with Gasteiger partial charge in [0.05, 0.1) is 11.9 Å². The molecule has 3 aromatic rings. The standard InChI is InChI=1S/C21H23N5O2/c1-15(27)25-11-9-17(10-12-25)21(28)22-18-7-8-20-23-19(24-26(20)14-18)13-16-5-3-2-4-6-16/h2-8,14,17H,9-13H2,1H3,(H,22,28). The molecule has 1 aliphatic rings. The number of likely N-dealkylation sites (tertiary alicyclic amines) is 1. The lowest BCUT2D eigenvalue weighted by atomic mass is 9.96.